The third kappa shape index (κ3) is 3.49. The van der Waals surface area contributed by atoms with E-state index in [1.165, 1.54) is 20.0 Å². The maximum Gasteiger partial charge on any atom is 0.329 e. The molecule has 0 aliphatic carbocycles. The normalized spacial score (nSPS) is 18.5. The first-order valence-corrected chi connectivity index (χ1v) is 8.38. The van der Waals surface area contributed by atoms with Crippen LogP contribution in [0.3, 0.4) is 0 Å². The molecule has 0 unspecified atom stereocenters. The lowest BCUT2D eigenvalue weighted by Gasteiger charge is -2.19. The minimum absolute atomic E-state index is 0.0890. The highest BCUT2D eigenvalue weighted by Crippen LogP contribution is 2.29. The van der Waals surface area contributed by atoms with E-state index >= 15 is 0 Å². The fourth-order valence-electron chi connectivity index (χ4n) is 3.06. The average Bonchev–Trinajstić information content (AvgIpc) is 3.27. The van der Waals surface area contributed by atoms with E-state index in [1.54, 1.807) is 13.2 Å². The van der Waals surface area contributed by atoms with Crippen LogP contribution in [0.1, 0.15) is 18.4 Å². The molecule has 8 nitrogen and oxygen atoms in total. The van der Waals surface area contributed by atoms with Crippen molar-refractivity contribution in [2.24, 2.45) is 0 Å². The topological polar surface area (TPSA) is 88.2 Å². The second kappa shape index (κ2) is 7.47. The number of urea groups is 1. The number of benzene rings is 1. The van der Waals surface area contributed by atoms with Crippen LogP contribution in [0.15, 0.2) is 23.9 Å². The molecule has 0 atom stereocenters. The Morgan fingerprint density at radius 3 is 2.62 bits per heavy atom. The van der Waals surface area contributed by atoms with E-state index in [1.807, 2.05) is 18.2 Å². The molecule has 138 valence electrons. The van der Waals surface area contributed by atoms with Gasteiger partial charge in [-0.05, 0) is 31.1 Å². The van der Waals surface area contributed by atoms with E-state index in [0.717, 1.165) is 23.7 Å². The largest absolute Gasteiger partial charge is 0.496 e. The van der Waals surface area contributed by atoms with E-state index in [-0.39, 0.29) is 5.70 Å². The van der Waals surface area contributed by atoms with Crippen LogP contribution >= 0.6 is 0 Å². The molecule has 2 fully saturated rings. The Balaban J connectivity index is 1.83. The number of hydrogen-bond donors (Lipinski definition) is 1. The zero-order valence-electron chi connectivity index (χ0n) is 14.8. The number of methoxy groups -OCH3 is 2. The summed E-state index contributed by atoms with van der Waals surface area (Å²) in [5.41, 5.74) is 1.82. The van der Waals surface area contributed by atoms with Gasteiger partial charge in [0.05, 0.1) is 14.2 Å². The van der Waals surface area contributed by atoms with E-state index in [2.05, 4.69) is 15.0 Å². The monoisotopic (exact) mass is 359 g/mol. The molecule has 8 heteroatoms. The Bertz CT molecular complexity index is 768. The molecule has 0 saturated carbocycles. The molecule has 0 spiro atoms. The number of carbonyl (C=O) groups excluding carboxylic acids is 3. The lowest BCUT2D eigenvalue weighted by molar-refractivity contribution is -0.143. The van der Waals surface area contributed by atoms with Gasteiger partial charge in [0.25, 0.3) is 5.91 Å². The molecular weight excluding hydrogens is 338 g/mol. The molecule has 3 amide bonds. The summed E-state index contributed by atoms with van der Waals surface area (Å²) in [7, 11) is 2.76. The number of rotatable bonds is 5. The maximum absolute atomic E-state index is 12.4. The molecule has 0 bridgehead atoms. The van der Waals surface area contributed by atoms with Crippen LogP contribution in [0.4, 0.5) is 10.5 Å². The van der Waals surface area contributed by atoms with Gasteiger partial charge < -0.3 is 19.7 Å². The maximum atomic E-state index is 12.4. The summed E-state index contributed by atoms with van der Waals surface area (Å²) < 4.78 is 9.95. The first kappa shape index (κ1) is 17.8. The van der Waals surface area contributed by atoms with Crippen molar-refractivity contribution in [1.82, 2.24) is 10.2 Å². The van der Waals surface area contributed by atoms with Crippen LogP contribution in [0.5, 0.6) is 5.75 Å². The lowest BCUT2D eigenvalue weighted by Crippen LogP contribution is -2.36. The van der Waals surface area contributed by atoms with Gasteiger partial charge in [-0.1, -0.05) is 0 Å². The summed E-state index contributed by atoms with van der Waals surface area (Å²) >= 11 is 0. The third-order valence-corrected chi connectivity index (χ3v) is 4.47. The highest BCUT2D eigenvalue weighted by Gasteiger charge is 2.35. The molecule has 2 aliphatic heterocycles. The van der Waals surface area contributed by atoms with Crippen molar-refractivity contribution >= 4 is 29.7 Å². The molecule has 1 N–H and O–H groups in total. The Morgan fingerprint density at radius 1 is 1.23 bits per heavy atom. The minimum Gasteiger partial charge on any atom is -0.496 e. The van der Waals surface area contributed by atoms with E-state index < -0.39 is 24.5 Å². The van der Waals surface area contributed by atoms with E-state index in [9.17, 15) is 14.4 Å². The van der Waals surface area contributed by atoms with Crippen molar-refractivity contribution in [3.05, 3.63) is 29.5 Å². The van der Waals surface area contributed by atoms with Crippen molar-refractivity contribution in [2.75, 3.05) is 38.8 Å². The van der Waals surface area contributed by atoms with Gasteiger partial charge in [-0.25, -0.2) is 9.69 Å². The summed E-state index contributed by atoms with van der Waals surface area (Å²) in [6.45, 7) is 1.60. The predicted molar refractivity (Wildman–Crippen MR) is 94.7 cm³/mol. The van der Waals surface area contributed by atoms with E-state index in [0.29, 0.717) is 11.3 Å². The third-order valence-electron chi connectivity index (χ3n) is 4.47. The van der Waals surface area contributed by atoms with Gasteiger partial charge in [0, 0.05) is 30.4 Å². The van der Waals surface area contributed by atoms with Gasteiger partial charge in [-0.2, -0.15) is 0 Å². The van der Waals surface area contributed by atoms with Gasteiger partial charge in [-0.15, -0.1) is 0 Å². The molecule has 1 aromatic rings. The molecule has 2 aliphatic rings. The van der Waals surface area contributed by atoms with Crippen molar-refractivity contribution in [1.29, 1.82) is 0 Å². The number of esters is 1. The Kier molecular flexibility index (Phi) is 5.11. The van der Waals surface area contributed by atoms with Crippen molar-refractivity contribution < 1.29 is 23.9 Å². The van der Waals surface area contributed by atoms with Gasteiger partial charge in [-0.3, -0.25) is 9.59 Å². The quantitative estimate of drug-likeness (QED) is 0.485. The van der Waals surface area contributed by atoms with Gasteiger partial charge >= 0.3 is 12.0 Å². The second-order valence-electron chi connectivity index (χ2n) is 6.08. The fraction of sp³-hybridized carbons (Fsp3) is 0.389. The van der Waals surface area contributed by atoms with Gasteiger partial charge in [0.2, 0.25) is 0 Å². The summed E-state index contributed by atoms with van der Waals surface area (Å²) in [5, 5.41) is 2.48. The molecular formula is C18H21N3O5. The van der Waals surface area contributed by atoms with Crippen LogP contribution in [0, 0.1) is 0 Å². The number of ether oxygens (including phenoxy) is 2. The summed E-state index contributed by atoms with van der Waals surface area (Å²) in [6.07, 6.45) is 3.89. The second-order valence-corrected chi connectivity index (χ2v) is 6.08. The molecule has 2 saturated heterocycles. The zero-order valence-corrected chi connectivity index (χ0v) is 14.8. The first-order valence-electron chi connectivity index (χ1n) is 8.38. The Morgan fingerprint density at radius 2 is 1.96 bits per heavy atom. The van der Waals surface area contributed by atoms with Crippen LogP contribution < -0.4 is 15.0 Å². The van der Waals surface area contributed by atoms with Crippen molar-refractivity contribution in [2.45, 2.75) is 12.8 Å². The number of hydrogen-bond acceptors (Lipinski definition) is 6. The molecule has 1 aromatic carbocycles. The smallest absolute Gasteiger partial charge is 0.329 e. The van der Waals surface area contributed by atoms with Crippen LogP contribution in [0.2, 0.25) is 0 Å². The average molecular weight is 359 g/mol. The lowest BCUT2D eigenvalue weighted by atomic mass is 10.1. The van der Waals surface area contributed by atoms with Crippen LogP contribution in [0.25, 0.3) is 6.08 Å². The number of imide groups is 1. The Labute approximate surface area is 151 Å². The Hall–Kier alpha value is -3.03. The highest BCUT2D eigenvalue weighted by atomic mass is 16.5. The number of anilines is 1. The SMILES string of the molecule is COC(=O)CN1C(=O)NC(=Cc2ccc(N3CCCC3)cc2OC)C1=O. The predicted octanol–water partition coefficient (Wildman–Crippen LogP) is 1.36. The van der Waals surface area contributed by atoms with Crippen LogP contribution in [-0.2, 0) is 14.3 Å². The highest BCUT2D eigenvalue weighted by molar-refractivity contribution is 6.15. The summed E-state index contributed by atoms with van der Waals surface area (Å²) in [6, 6.07) is 5.08. The molecule has 2 heterocycles. The summed E-state index contributed by atoms with van der Waals surface area (Å²) in [4.78, 5) is 38.7. The zero-order chi connectivity index (χ0) is 18.7. The molecule has 0 radical (unpaired) electrons. The van der Waals surface area contributed by atoms with Gasteiger partial charge in [0.15, 0.2) is 0 Å². The van der Waals surface area contributed by atoms with E-state index in [4.69, 9.17) is 4.74 Å². The number of carbonyl (C=O) groups is 3. The minimum atomic E-state index is -0.665. The molecule has 3 rings (SSSR count). The van der Waals surface area contributed by atoms with Gasteiger partial charge in [0.1, 0.15) is 18.0 Å². The number of nitrogens with zero attached hydrogens (tertiary/aromatic N) is 2. The molecule has 0 aromatic heterocycles. The van der Waals surface area contributed by atoms with Crippen molar-refractivity contribution in [3.8, 4) is 5.75 Å². The van der Waals surface area contributed by atoms with Crippen LogP contribution in [-0.4, -0.2) is 56.7 Å². The number of nitrogens with one attached hydrogen (secondary N) is 1. The fourth-order valence-corrected chi connectivity index (χ4v) is 3.06. The molecule has 26 heavy (non-hydrogen) atoms. The number of amides is 3. The first-order chi connectivity index (χ1) is 12.5. The van der Waals surface area contributed by atoms with Crippen molar-refractivity contribution in [3.63, 3.8) is 0 Å². The summed E-state index contributed by atoms with van der Waals surface area (Å²) in [5.74, 6) is -0.635. The standard InChI is InChI=1S/C18H21N3O5/c1-25-15-10-13(20-7-3-4-8-20)6-5-12(15)9-14-17(23)21(18(24)19-14)11-16(22)26-2/h5-6,9-10H,3-4,7-8,11H2,1-2H3,(H,19,24).